The molecule has 12 heteroatoms. The third-order valence-corrected chi connectivity index (χ3v) is 7.17. The van der Waals surface area contributed by atoms with Crippen LogP contribution >= 0.6 is 11.6 Å². The quantitative estimate of drug-likeness (QED) is 0.390. The molecule has 3 rings (SSSR count). The number of nitrogens with one attached hydrogen (secondary N) is 1. The van der Waals surface area contributed by atoms with Crippen LogP contribution in [0.5, 0.6) is 5.75 Å². The number of benzene rings is 2. The van der Waals surface area contributed by atoms with Gasteiger partial charge in [0.25, 0.3) is 0 Å². The van der Waals surface area contributed by atoms with Crippen LogP contribution in [0.25, 0.3) is 11.0 Å². The van der Waals surface area contributed by atoms with Crippen molar-refractivity contribution in [2.24, 2.45) is 0 Å². The van der Waals surface area contributed by atoms with Gasteiger partial charge < -0.3 is 19.0 Å². The largest absolute Gasteiger partial charge is 0.422 e. The number of halogens is 2. The highest BCUT2D eigenvalue weighted by molar-refractivity contribution is 7.92. The maximum atomic E-state index is 15.3. The monoisotopic (exact) mass is 553 g/mol. The lowest BCUT2D eigenvalue weighted by Crippen LogP contribution is -2.25. The predicted octanol–water partition coefficient (Wildman–Crippen LogP) is 4.45. The van der Waals surface area contributed by atoms with Gasteiger partial charge in [0, 0.05) is 44.1 Å². The average molecular weight is 554 g/mol. The van der Waals surface area contributed by atoms with Gasteiger partial charge in [-0.1, -0.05) is 30.7 Å². The summed E-state index contributed by atoms with van der Waals surface area (Å²) in [5.41, 5.74) is 0.125. The normalized spacial score (nSPS) is 11.7. The van der Waals surface area contributed by atoms with Crippen molar-refractivity contribution in [2.45, 2.75) is 26.3 Å². The molecule has 1 heterocycles. The van der Waals surface area contributed by atoms with Gasteiger partial charge in [0.1, 0.15) is 5.58 Å². The van der Waals surface area contributed by atoms with E-state index in [2.05, 4.69) is 4.72 Å². The summed E-state index contributed by atoms with van der Waals surface area (Å²) in [5, 5.41) is 0.624. The second-order valence-corrected chi connectivity index (χ2v) is 11.3. The Morgan fingerprint density at radius 3 is 2.49 bits per heavy atom. The Morgan fingerprint density at radius 2 is 1.86 bits per heavy atom. The summed E-state index contributed by atoms with van der Waals surface area (Å²) < 4.78 is 52.7. The molecule has 0 spiro atoms. The SMILES string of the molecule is CCCS(=O)(=O)Nc1cccc(Cc2c(CN(C)C)c3cc(Cl)c(OC(=O)N(C)C)cc3oc2=O)c1F. The maximum absolute atomic E-state index is 15.3. The van der Waals surface area contributed by atoms with E-state index >= 15 is 4.39 Å². The number of hydrogen-bond acceptors (Lipinski definition) is 7. The Morgan fingerprint density at radius 1 is 1.16 bits per heavy atom. The van der Waals surface area contributed by atoms with E-state index in [1.807, 2.05) is 19.0 Å². The highest BCUT2D eigenvalue weighted by Gasteiger charge is 2.22. The van der Waals surface area contributed by atoms with Crippen LogP contribution in [0.15, 0.2) is 39.5 Å². The molecule has 0 bridgehead atoms. The van der Waals surface area contributed by atoms with Crippen LogP contribution in [0.3, 0.4) is 0 Å². The Kier molecular flexibility index (Phi) is 8.83. The van der Waals surface area contributed by atoms with Crippen molar-refractivity contribution in [1.29, 1.82) is 0 Å². The number of rotatable bonds is 9. The molecule has 200 valence electrons. The summed E-state index contributed by atoms with van der Waals surface area (Å²) in [6, 6.07) is 7.22. The molecule has 1 amide bonds. The summed E-state index contributed by atoms with van der Waals surface area (Å²) in [5.74, 6) is -0.899. The minimum Gasteiger partial charge on any atom is -0.422 e. The van der Waals surface area contributed by atoms with Crippen molar-refractivity contribution in [3.8, 4) is 5.75 Å². The molecule has 0 aliphatic rings. The average Bonchev–Trinajstić information content (AvgIpc) is 2.79. The molecule has 1 N–H and O–H groups in total. The van der Waals surface area contributed by atoms with Crippen molar-refractivity contribution in [1.82, 2.24) is 9.80 Å². The van der Waals surface area contributed by atoms with Gasteiger partial charge in [-0.15, -0.1) is 0 Å². The fourth-order valence-corrected chi connectivity index (χ4v) is 5.05. The van der Waals surface area contributed by atoms with Gasteiger partial charge in [0.15, 0.2) is 11.6 Å². The molecule has 37 heavy (non-hydrogen) atoms. The van der Waals surface area contributed by atoms with Gasteiger partial charge in [0.05, 0.1) is 16.5 Å². The van der Waals surface area contributed by atoms with E-state index in [-0.39, 0.29) is 45.3 Å². The lowest BCUT2D eigenvalue weighted by Gasteiger charge is -2.18. The molecule has 2 aromatic carbocycles. The number of ether oxygens (including phenoxy) is 1. The van der Waals surface area contributed by atoms with Crippen molar-refractivity contribution in [3.05, 3.63) is 68.3 Å². The minimum absolute atomic E-state index is 0.0256. The van der Waals surface area contributed by atoms with Crippen LogP contribution in [0.1, 0.15) is 30.0 Å². The smallest absolute Gasteiger partial charge is 0.414 e. The molecule has 0 fully saturated rings. The van der Waals surface area contributed by atoms with E-state index in [9.17, 15) is 18.0 Å². The van der Waals surface area contributed by atoms with Gasteiger partial charge in [0.2, 0.25) is 10.0 Å². The van der Waals surface area contributed by atoms with Gasteiger partial charge in [-0.25, -0.2) is 22.4 Å². The van der Waals surface area contributed by atoms with Crippen molar-refractivity contribution < 1.29 is 26.8 Å². The maximum Gasteiger partial charge on any atom is 0.414 e. The zero-order valence-electron chi connectivity index (χ0n) is 21.2. The Bertz CT molecular complexity index is 1490. The van der Waals surface area contributed by atoms with E-state index in [1.165, 1.54) is 49.3 Å². The molecule has 0 aliphatic carbocycles. The highest BCUT2D eigenvalue weighted by atomic mass is 35.5. The summed E-state index contributed by atoms with van der Waals surface area (Å²) in [4.78, 5) is 28.2. The fraction of sp³-hybridized carbons (Fsp3) is 0.360. The summed E-state index contributed by atoms with van der Waals surface area (Å²) in [6.45, 7) is 2.01. The molecular formula is C25H29ClFN3O6S. The molecule has 0 saturated carbocycles. The molecule has 1 aromatic heterocycles. The van der Waals surface area contributed by atoms with Crippen LogP contribution in [0.2, 0.25) is 5.02 Å². The summed E-state index contributed by atoms with van der Waals surface area (Å²) in [6.07, 6.45) is -0.425. The van der Waals surface area contributed by atoms with Crippen LogP contribution in [0.4, 0.5) is 14.9 Å². The van der Waals surface area contributed by atoms with E-state index < -0.39 is 27.6 Å². The van der Waals surface area contributed by atoms with Crippen molar-refractivity contribution in [3.63, 3.8) is 0 Å². The Labute approximate surface area is 219 Å². The topological polar surface area (TPSA) is 109 Å². The number of hydrogen-bond donors (Lipinski definition) is 1. The van der Waals surface area contributed by atoms with Gasteiger partial charge in [-0.3, -0.25) is 4.72 Å². The number of fused-ring (bicyclic) bond motifs is 1. The second kappa shape index (κ2) is 11.5. The molecule has 0 radical (unpaired) electrons. The number of anilines is 1. The zero-order valence-corrected chi connectivity index (χ0v) is 22.8. The number of amides is 1. The first-order valence-corrected chi connectivity index (χ1v) is 13.5. The molecule has 0 atom stereocenters. The van der Waals surface area contributed by atoms with Gasteiger partial charge in [-0.05, 0) is 43.8 Å². The van der Waals surface area contributed by atoms with Crippen LogP contribution in [0, 0.1) is 5.82 Å². The molecule has 9 nitrogen and oxygen atoms in total. The zero-order chi connectivity index (χ0) is 27.5. The number of sulfonamides is 1. The fourth-order valence-electron chi connectivity index (χ4n) is 3.71. The molecular weight excluding hydrogens is 525 g/mol. The standard InChI is InChI=1S/C25H29ClFN3O6S/c1-6-10-37(33,34)28-20-9-7-8-15(23(20)27)11-17-18(14-29(2)3)16-12-19(26)22(36-25(32)30(4)5)13-21(16)35-24(17)31/h7-9,12-13,28H,6,10-11,14H2,1-5H3. The third-order valence-electron chi connectivity index (χ3n) is 5.39. The Balaban J connectivity index is 2.12. The second-order valence-electron chi connectivity index (χ2n) is 9.00. The highest BCUT2D eigenvalue weighted by Crippen LogP contribution is 2.34. The summed E-state index contributed by atoms with van der Waals surface area (Å²) in [7, 11) is 2.94. The van der Waals surface area contributed by atoms with E-state index in [0.29, 0.717) is 23.9 Å². The van der Waals surface area contributed by atoms with Crippen LogP contribution in [-0.2, 0) is 23.0 Å². The van der Waals surface area contributed by atoms with Crippen LogP contribution < -0.4 is 15.1 Å². The van der Waals surface area contributed by atoms with Gasteiger partial charge >= 0.3 is 11.7 Å². The summed E-state index contributed by atoms with van der Waals surface area (Å²) >= 11 is 6.39. The number of carbonyl (C=O) groups excluding carboxylic acids is 1. The van der Waals surface area contributed by atoms with Crippen LogP contribution in [-0.4, -0.2) is 58.3 Å². The first-order valence-electron chi connectivity index (χ1n) is 11.4. The van der Waals surface area contributed by atoms with E-state index in [0.717, 1.165) is 0 Å². The lowest BCUT2D eigenvalue weighted by molar-refractivity contribution is 0.172. The molecule has 3 aromatic rings. The van der Waals surface area contributed by atoms with E-state index in [1.54, 1.807) is 6.92 Å². The molecule has 0 aliphatic heterocycles. The van der Waals surface area contributed by atoms with E-state index in [4.69, 9.17) is 20.8 Å². The number of carbonyl (C=O) groups is 1. The predicted molar refractivity (Wildman–Crippen MR) is 142 cm³/mol. The third kappa shape index (κ3) is 6.79. The first kappa shape index (κ1) is 28.4. The minimum atomic E-state index is -3.71. The first-order chi connectivity index (χ1) is 17.3. The lowest BCUT2D eigenvalue weighted by atomic mass is 9.97. The van der Waals surface area contributed by atoms with Crippen molar-refractivity contribution in [2.75, 3.05) is 38.7 Å². The van der Waals surface area contributed by atoms with Gasteiger partial charge in [-0.2, -0.15) is 0 Å². The Hall–Kier alpha value is -3.15. The molecule has 0 saturated heterocycles. The molecule has 0 unspecified atom stereocenters. The van der Waals surface area contributed by atoms with Crippen molar-refractivity contribution >= 4 is 44.4 Å². The number of nitrogens with zero attached hydrogens (tertiary/aromatic N) is 2.